The zero-order valence-electron chi connectivity index (χ0n) is 20.5. The van der Waals surface area contributed by atoms with Crippen molar-refractivity contribution in [2.45, 2.75) is 87.8 Å². The Morgan fingerprint density at radius 1 is 1.24 bits per heavy atom. The molecule has 0 bridgehead atoms. The highest BCUT2D eigenvalue weighted by Crippen LogP contribution is 2.40. The number of hydrogen-bond donors (Lipinski definition) is 2. The lowest BCUT2D eigenvalue weighted by Crippen LogP contribution is -2.65. The Balaban J connectivity index is 1.54. The van der Waals surface area contributed by atoms with E-state index in [0.717, 1.165) is 12.8 Å². The Labute approximate surface area is 201 Å². The van der Waals surface area contributed by atoms with Crippen molar-refractivity contribution >= 4 is 27.9 Å². The van der Waals surface area contributed by atoms with Crippen LogP contribution in [0, 0.1) is 5.92 Å². The van der Waals surface area contributed by atoms with Gasteiger partial charge in [-0.3, -0.25) is 19.3 Å². The van der Waals surface area contributed by atoms with Crippen molar-refractivity contribution in [1.82, 2.24) is 24.9 Å². The van der Waals surface area contributed by atoms with Crippen LogP contribution in [0.1, 0.15) is 58.8 Å². The molecule has 2 aliphatic heterocycles. The van der Waals surface area contributed by atoms with Crippen LogP contribution in [0.4, 0.5) is 4.79 Å². The quantitative estimate of drug-likeness (QED) is 0.495. The molecule has 0 radical (unpaired) electrons. The van der Waals surface area contributed by atoms with Gasteiger partial charge in [-0.2, -0.15) is 5.48 Å². The lowest BCUT2D eigenvalue weighted by Gasteiger charge is -2.48. The van der Waals surface area contributed by atoms with E-state index in [4.69, 9.17) is 4.84 Å². The van der Waals surface area contributed by atoms with Crippen LogP contribution in [-0.4, -0.2) is 97.1 Å². The molecule has 4 aliphatic rings. The summed E-state index contributed by atoms with van der Waals surface area (Å²) in [5.74, 6) is -1.07. The first-order valence-electron chi connectivity index (χ1n) is 12.2. The number of nitrogens with zero attached hydrogens (tertiary/aromatic N) is 3. The Hall–Kier alpha value is -1.76. The highest BCUT2D eigenvalue weighted by molar-refractivity contribution is 7.90. The monoisotopic (exact) mass is 499 g/mol. The summed E-state index contributed by atoms with van der Waals surface area (Å²) in [5, 5.41) is -0.681. The lowest BCUT2D eigenvalue weighted by atomic mass is 9.80. The number of urea groups is 1. The zero-order valence-corrected chi connectivity index (χ0v) is 21.3. The van der Waals surface area contributed by atoms with Crippen molar-refractivity contribution in [2.75, 3.05) is 27.2 Å². The fourth-order valence-electron chi connectivity index (χ4n) is 5.23. The van der Waals surface area contributed by atoms with Crippen molar-refractivity contribution in [3.8, 4) is 0 Å². The van der Waals surface area contributed by atoms with Crippen molar-refractivity contribution in [2.24, 2.45) is 5.92 Å². The van der Waals surface area contributed by atoms with Gasteiger partial charge >= 0.3 is 6.03 Å². The van der Waals surface area contributed by atoms with Crippen molar-refractivity contribution < 1.29 is 27.6 Å². The SMILES string of the molecule is CC1CC(CN2C(=O)C3CC(S(=O)(=O)NC4(C)CC4)CCC3N(CCC(=O)N(C)C)C2=O)ON1. The van der Waals surface area contributed by atoms with Crippen molar-refractivity contribution in [3.63, 3.8) is 0 Å². The molecule has 5 unspecified atom stereocenters. The molecule has 11 nitrogen and oxygen atoms in total. The molecular formula is C22H37N5O6S. The van der Waals surface area contributed by atoms with E-state index in [1.165, 1.54) is 9.80 Å². The molecule has 2 N–H and O–H groups in total. The summed E-state index contributed by atoms with van der Waals surface area (Å²) in [6.45, 7) is 4.14. The van der Waals surface area contributed by atoms with Crippen molar-refractivity contribution in [1.29, 1.82) is 0 Å². The average Bonchev–Trinajstić information content (AvgIpc) is 3.33. The maximum atomic E-state index is 13.5. The molecule has 0 aromatic heterocycles. The molecule has 0 spiro atoms. The normalized spacial score (nSPS) is 33.1. The number of nitrogens with one attached hydrogen (secondary N) is 2. The molecule has 12 heteroatoms. The van der Waals surface area contributed by atoms with Gasteiger partial charge in [-0.25, -0.2) is 17.9 Å². The minimum absolute atomic E-state index is 0.101. The second kappa shape index (κ2) is 9.36. The van der Waals surface area contributed by atoms with E-state index in [1.807, 2.05) is 13.8 Å². The second-order valence-electron chi connectivity index (χ2n) is 10.8. The number of amides is 4. The number of hydroxylamine groups is 1. The van der Waals surface area contributed by atoms with Crippen LogP contribution in [0.25, 0.3) is 0 Å². The Bertz CT molecular complexity index is 936. The number of fused-ring (bicyclic) bond motifs is 1. The van der Waals surface area contributed by atoms with Gasteiger partial charge in [0.15, 0.2) is 0 Å². The summed E-state index contributed by atoms with van der Waals surface area (Å²) in [7, 11) is -0.266. The first kappa shape index (κ1) is 25.3. The third-order valence-electron chi connectivity index (χ3n) is 7.56. The molecule has 0 aromatic carbocycles. The van der Waals surface area contributed by atoms with Gasteiger partial charge in [-0.05, 0) is 52.4 Å². The summed E-state index contributed by atoms with van der Waals surface area (Å²) < 4.78 is 28.9. The van der Waals surface area contributed by atoms with Crippen LogP contribution >= 0.6 is 0 Å². The lowest BCUT2D eigenvalue weighted by molar-refractivity contribution is -0.142. The molecule has 4 rings (SSSR count). The van der Waals surface area contributed by atoms with Crippen LogP contribution < -0.4 is 10.2 Å². The molecule has 0 aromatic rings. The average molecular weight is 500 g/mol. The third kappa shape index (κ3) is 5.24. The van der Waals surface area contributed by atoms with Gasteiger partial charge in [0.05, 0.1) is 23.8 Å². The van der Waals surface area contributed by atoms with E-state index in [9.17, 15) is 22.8 Å². The number of rotatable bonds is 8. The topological polar surface area (TPSA) is 128 Å². The number of imide groups is 1. The van der Waals surface area contributed by atoms with Gasteiger partial charge < -0.3 is 9.80 Å². The molecule has 34 heavy (non-hydrogen) atoms. The van der Waals surface area contributed by atoms with Gasteiger partial charge in [0.1, 0.15) is 0 Å². The predicted molar refractivity (Wildman–Crippen MR) is 124 cm³/mol. The van der Waals surface area contributed by atoms with Crippen LogP contribution in [0.15, 0.2) is 0 Å². The molecule has 2 aliphatic carbocycles. The maximum Gasteiger partial charge on any atom is 0.327 e. The standard InChI is InChI=1S/C22H37N5O6S/c1-14-11-15(33-23-14)13-27-20(29)17-12-16(34(31,32)24-22(2)8-9-22)5-6-18(17)26(21(27)30)10-7-19(28)25(3)4/h14-18,23-24H,5-13H2,1-4H3. The van der Waals surface area contributed by atoms with E-state index >= 15 is 0 Å². The van der Waals surface area contributed by atoms with Gasteiger partial charge in [0, 0.05) is 44.7 Å². The largest absolute Gasteiger partial charge is 0.349 e. The molecule has 2 saturated carbocycles. The van der Waals surface area contributed by atoms with E-state index < -0.39 is 33.3 Å². The van der Waals surface area contributed by atoms with Gasteiger partial charge in [-0.1, -0.05) is 0 Å². The minimum Gasteiger partial charge on any atom is -0.349 e. The first-order valence-corrected chi connectivity index (χ1v) is 13.7. The zero-order chi connectivity index (χ0) is 24.8. The fourth-order valence-corrected chi connectivity index (χ4v) is 7.20. The number of sulfonamides is 1. The van der Waals surface area contributed by atoms with Gasteiger partial charge in [0.25, 0.3) is 0 Å². The second-order valence-corrected chi connectivity index (χ2v) is 12.7. The molecular weight excluding hydrogens is 462 g/mol. The summed E-state index contributed by atoms with van der Waals surface area (Å²) in [6, 6.07) is -0.720. The number of carbonyl (C=O) groups is 3. The summed E-state index contributed by atoms with van der Waals surface area (Å²) in [6.07, 6.45) is 3.04. The third-order valence-corrected chi connectivity index (χ3v) is 9.64. The van der Waals surface area contributed by atoms with Crippen molar-refractivity contribution in [3.05, 3.63) is 0 Å². The molecule has 5 atom stereocenters. The predicted octanol–water partition coefficient (Wildman–Crippen LogP) is 0.420. The highest BCUT2D eigenvalue weighted by Gasteiger charge is 2.52. The molecule has 2 heterocycles. The van der Waals surface area contributed by atoms with Gasteiger partial charge in [-0.15, -0.1) is 0 Å². The Kier molecular flexibility index (Phi) is 6.98. The number of carbonyl (C=O) groups excluding carboxylic acids is 3. The van der Waals surface area contributed by atoms with E-state index in [-0.39, 0.29) is 55.4 Å². The molecule has 192 valence electrons. The van der Waals surface area contributed by atoms with E-state index in [0.29, 0.717) is 19.3 Å². The molecule has 2 saturated heterocycles. The number of hydrogen-bond acceptors (Lipinski definition) is 7. The highest BCUT2D eigenvalue weighted by atomic mass is 32.2. The minimum atomic E-state index is -3.59. The van der Waals surface area contributed by atoms with Crippen LogP contribution in [0.2, 0.25) is 0 Å². The summed E-state index contributed by atoms with van der Waals surface area (Å²) in [4.78, 5) is 49.0. The Morgan fingerprint density at radius 2 is 1.94 bits per heavy atom. The maximum absolute atomic E-state index is 13.5. The van der Waals surface area contributed by atoms with E-state index in [2.05, 4.69) is 10.2 Å². The van der Waals surface area contributed by atoms with Crippen LogP contribution in [-0.2, 0) is 24.4 Å². The first-order chi connectivity index (χ1) is 15.9. The summed E-state index contributed by atoms with van der Waals surface area (Å²) in [5.41, 5.74) is 2.48. The summed E-state index contributed by atoms with van der Waals surface area (Å²) >= 11 is 0. The fraction of sp³-hybridized carbons (Fsp3) is 0.864. The molecule has 4 amide bonds. The van der Waals surface area contributed by atoms with E-state index in [1.54, 1.807) is 19.0 Å². The molecule has 4 fully saturated rings. The van der Waals surface area contributed by atoms with Crippen LogP contribution in [0.3, 0.4) is 0 Å². The smallest absolute Gasteiger partial charge is 0.327 e. The van der Waals surface area contributed by atoms with Crippen LogP contribution in [0.5, 0.6) is 0 Å². The van der Waals surface area contributed by atoms with Gasteiger partial charge in [0.2, 0.25) is 21.8 Å². The Morgan fingerprint density at radius 3 is 2.53 bits per heavy atom.